The van der Waals surface area contributed by atoms with Crippen LogP contribution >= 0.6 is 23.1 Å². The van der Waals surface area contributed by atoms with E-state index in [9.17, 15) is 0 Å². The SMILES string of the molecule is C1=CC2=NN=NC2C=C1.C1=CC2N=CSC2C=C1.CC(C)C.CC(C)C.CC(C)C.CC(C)C.CC(C)C.c1ccc2c(c1)CCCN2.c1ccc2ncccc2c1.c1cscn1. The van der Waals surface area contributed by atoms with Gasteiger partial charge < -0.3 is 5.32 Å². The molecule has 0 bridgehead atoms. The summed E-state index contributed by atoms with van der Waals surface area (Å²) in [4.78, 5) is 12.2. The maximum absolute atomic E-state index is 4.26. The Balaban J connectivity index is 0.000000698. The number of thioether (sulfide) groups is 1. The summed E-state index contributed by atoms with van der Waals surface area (Å²) in [6, 6.07) is 21.1. The standard InChI is InChI=1S/C9H11N.C9H7N.C7H7NS.C6H5N3.5C4H10.C3H3NS/c2*1-2-6-9-8(4-1)5-3-7-10-9;1-2-4-7-6(3-1)8-5-9-7;1-2-4-6-5(3-1)7-9-8-6;5*1-4(2)3;1-2-5-3-4-1/h1-2,4,6,10H,3,5,7H2;1-7H;1-7H;1-5H;5*4H,1-3H3;1-3H. The van der Waals surface area contributed by atoms with E-state index in [0.717, 1.165) is 47.4 Å². The van der Waals surface area contributed by atoms with Crippen LogP contribution in [0.2, 0.25) is 0 Å². The molecule has 0 amide bonds. The molecule has 3 atom stereocenters. The minimum Gasteiger partial charge on any atom is -0.385 e. The zero-order chi connectivity index (χ0) is 47.3. The summed E-state index contributed by atoms with van der Waals surface area (Å²) in [7, 11) is 0. The van der Waals surface area contributed by atoms with Gasteiger partial charge >= 0.3 is 0 Å². The number of aromatic nitrogens is 2. The number of rotatable bonds is 0. The van der Waals surface area contributed by atoms with E-state index >= 15 is 0 Å². The number of fused-ring (bicyclic) bond motifs is 4. The number of nitrogens with zero attached hydrogens (tertiary/aromatic N) is 6. The van der Waals surface area contributed by atoms with Crippen LogP contribution < -0.4 is 5.32 Å². The van der Waals surface area contributed by atoms with Gasteiger partial charge in [-0.3, -0.25) is 15.0 Å². The molecule has 4 aromatic rings. The molecule has 3 aliphatic heterocycles. The predicted molar refractivity (Wildman–Crippen MR) is 286 cm³/mol. The van der Waals surface area contributed by atoms with Gasteiger partial charge in [-0.1, -0.05) is 189 Å². The van der Waals surface area contributed by atoms with E-state index in [4.69, 9.17) is 0 Å². The molecule has 63 heavy (non-hydrogen) atoms. The molecular weight excluding hydrogens is 811 g/mol. The van der Waals surface area contributed by atoms with Gasteiger partial charge in [-0.15, -0.1) is 28.2 Å². The van der Waals surface area contributed by atoms with Gasteiger partial charge in [0.2, 0.25) is 0 Å². The van der Waals surface area contributed by atoms with Crippen molar-refractivity contribution >= 4 is 50.9 Å². The maximum atomic E-state index is 4.26. The molecule has 3 unspecified atom stereocenters. The van der Waals surface area contributed by atoms with E-state index < -0.39 is 0 Å². The van der Waals surface area contributed by atoms with Crippen LogP contribution in [-0.2, 0) is 6.42 Å². The molecule has 0 saturated heterocycles. The van der Waals surface area contributed by atoms with Crippen molar-refractivity contribution in [2.75, 3.05) is 11.9 Å². The number of nitrogens with one attached hydrogen (secondary N) is 1. The highest BCUT2D eigenvalue weighted by Crippen LogP contribution is 2.26. The maximum Gasteiger partial charge on any atom is 0.135 e. The Morgan fingerprint density at radius 1 is 0.635 bits per heavy atom. The minimum absolute atomic E-state index is 0.106. The number of aliphatic imine (C=N–C) groups is 1. The molecule has 2 aromatic heterocycles. The number of anilines is 1. The summed E-state index contributed by atoms with van der Waals surface area (Å²) in [5.41, 5.74) is 8.53. The highest BCUT2D eigenvalue weighted by Gasteiger charge is 2.20. The molecule has 2 aliphatic carbocycles. The first-order valence-corrected chi connectivity index (χ1v) is 24.7. The van der Waals surface area contributed by atoms with Crippen molar-refractivity contribution in [3.8, 4) is 0 Å². The van der Waals surface area contributed by atoms with Gasteiger partial charge in [0.25, 0.3) is 0 Å². The predicted octanol–water partition coefficient (Wildman–Crippen LogP) is 16.7. The van der Waals surface area contributed by atoms with Crippen molar-refractivity contribution in [2.24, 2.45) is 50.0 Å². The van der Waals surface area contributed by atoms with E-state index in [1.807, 2.05) is 65.7 Å². The Labute approximate surface area is 393 Å². The molecule has 0 spiro atoms. The van der Waals surface area contributed by atoms with Crippen LogP contribution in [0.1, 0.15) is 116 Å². The van der Waals surface area contributed by atoms with Gasteiger partial charge in [0.05, 0.1) is 33.6 Å². The van der Waals surface area contributed by atoms with Crippen LogP contribution in [0, 0.1) is 29.6 Å². The van der Waals surface area contributed by atoms with Gasteiger partial charge in [-0.2, -0.15) is 5.11 Å². The van der Waals surface area contributed by atoms with Crippen molar-refractivity contribution in [1.82, 2.24) is 9.97 Å². The van der Waals surface area contributed by atoms with Crippen LogP contribution in [0.15, 0.2) is 153 Å². The summed E-state index contributed by atoms with van der Waals surface area (Å²) in [5.74, 6) is 4.17. The lowest BCUT2D eigenvalue weighted by atomic mass is 10.0. The van der Waals surface area contributed by atoms with E-state index in [1.165, 1.54) is 29.5 Å². The van der Waals surface area contributed by atoms with Gasteiger partial charge in [0, 0.05) is 35.4 Å². The molecule has 346 valence electrons. The first-order chi connectivity index (χ1) is 30.0. The lowest BCUT2D eigenvalue weighted by Gasteiger charge is -2.16. The van der Waals surface area contributed by atoms with E-state index in [2.05, 4.69) is 200 Å². The molecule has 1 N–H and O–H groups in total. The summed E-state index contributed by atoms with van der Waals surface area (Å²) < 4.78 is 0. The third kappa shape index (κ3) is 35.7. The monoisotopic (exact) mass is 894 g/mol. The zero-order valence-corrected chi connectivity index (χ0v) is 43.2. The Hall–Kier alpha value is -4.47. The fraction of sp³-hybridized carbons (Fsp3) is 0.481. The first-order valence-electron chi connectivity index (χ1n) is 22.8. The number of allylic oxidation sites excluding steroid dienone is 4. The molecule has 0 radical (unpaired) electrons. The van der Waals surface area contributed by atoms with Crippen molar-refractivity contribution in [1.29, 1.82) is 0 Å². The second-order valence-corrected chi connectivity index (χ2v) is 20.0. The normalized spacial score (nSPS) is 17.0. The third-order valence-electron chi connectivity index (χ3n) is 6.63. The number of hydrogen-bond acceptors (Lipinski definition) is 9. The van der Waals surface area contributed by atoms with Gasteiger partial charge in [0.1, 0.15) is 6.04 Å². The number of hydrogen-bond donors (Lipinski definition) is 1. The van der Waals surface area contributed by atoms with Crippen molar-refractivity contribution in [2.45, 2.75) is 134 Å². The topological polar surface area (TPSA) is 87.2 Å². The molecule has 0 fully saturated rings. The van der Waals surface area contributed by atoms with Crippen molar-refractivity contribution in [3.05, 3.63) is 138 Å². The summed E-state index contributed by atoms with van der Waals surface area (Å²) in [6.07, 6.45) is 22.4. The summed E-state index contributed by atoms with van der Waals surface area (Å²) in [6.45, 7) is 33.6. The number of para-hydroxylation sites is 2. The van der Waals surface area contributed by atoms with Crippen LogP contribution in [0.4, 0.5) is 5.69 Å². The molecule has 5 aliphatic rings. The van der Waals surface area contributed by atoms with E-state index in [1.54, 1.807) is 34.8 Å². The molecule has 0 saturated carbocycles. The number of benzene rings is 2. The Morgan fingerprint density at radius 2 is 1.22 bits per heavy atom. The molecule has 2 aromatic carbocycles. The second-order valence-electron chi connectivity index (χ2n) is 18.3. The molecule has 9 heteroatoms. The third-order valence-corrected chi connectivity index (χ3v) is 8.15. The second kappa shape index (κ2) is 38.0. The smallest absolute Gasteiger partial charge is 0.135 e. The van der Waals surface area contributed by atoms with E-state index in [-0.39, 0.29) is 6.04 Å². The number of thiazole rings is 1. The highest BCUT2D eigenvalue weighted by molar-refractivity contribution is 8.13. The zero-order valence-electron chi connectivity index (χ0n) is 41.5. The van der Waals surface area contributed by atoms with Crippen LogP contribution in [0.5, 0.6) is 0 Å². The minimum atomic E-state index is 0.106. The average molecular weight is 894 g/mol. The Kier molecular flexibility index (Phi) is 35.3. The van der Waals surface area contributed by atoms with Crippen LogP contribution in [0.3, 0.4) is 0 Å². The van der Waals surface area contributed by atoms with Crippen molar-refractivity contribution < 1.29 is 0 Å². The van der Waals surface area contributed by atoms with Gasteiger partial charge in [-0.05, 0) is 77.5 Å². The molecule has 5 heterocycles. The molecule has 7 nitrogen and oxygen atoms in total. The highest BCUT2D eigenvalue weighted by atomic mass is 32.2. The molecule has 9 rings (SSSR count). The summed E-state index contributed by atoms with van der Waals surface area (Å²) >= 11 is 3.40. The Morgan fingerprint density at radius 3 is 1.78 bits per heavy atom. The number of pyridine rings is 1. The fourth-order valence-electron chi connectivity index (χ4n) is 4.46. The van der Waals surface area contributed by atoms with Gasteiger partial charge in [-0.25, -0.2) is 0 Å². The quantitative estimate of drug-likeness (QED) is 0.190. The first kappa shape index (κ1) is 58.5. The number of aryl methyl sites for hydroxylation is 1. The molecular formula is C54H83N7S2. The van der Waals surface area contributed by atoms with E-state index in [0.29, 0.717) is 11.3 Å². The Bertz CT molecular complexity index is 1730. The lowest BCUT2D eigenvalue weighted by Crippen LogP contribution is -2.13. The van der Waals surface area contributed by atoms with Gasteiger partial charge in [0.15, 0.2) is 0 Å². The van der Waals surface area contributed by atoms with Crippen LogP contribution in [-0.4, -0.2) is 45.1 Å². The largest absolute Gasteiger partial charge is 0.385 e. The fourth-order valence-corrected chi connectivity index (χ4v) is 5.67. The average Bonchev–Trinajstić information content (AvgIpc) is 4.06. The van der Waals surface area contributed by atoms with Crippen LogP contribution in [0.25, 0.3) is 10.9 Å². The lowest BCUT2D eigenvalue weighted by molar-refractivity contribution is 0.736. The van der Waals surface area contributed by atoms with Crippen molar-refractivity contribution in [3.63, 3.8) is 0 Å². The summed E-state index contributed by atoms with van der Waals surface area (Å²) in [5, 5.41) is 18.3.